The number of carbonyl (C=O) groups excluding carboxylic acids is 1. The van der Waals surface area contributed by atoms with Crippen molar-refractivity contribution in [1.82, 2.24) is 4.90 Å². The molecule has 1 amide bonds. The number of benzene rings is 1. The summed E-state index contributed by atoms with van der Waals surface area (Å²) in [4.78, 5) is 16.0. The van der Waals surface area contributed by atoms with Gasteiger partial charge in [-0.05, 0) is 31.5 Å². The fourth-order valence-corrected chi connectivity index (χ4v) is 3.93. The molecule has 1 saturated heterocycles. The van der Waals surface area contributed by atoms with Crippen LogP contribution in [0.3, 0.4) is 0 Å². The van der Waals surface area contributed by atoms with Gasteiger partial charge >= 0.3 is 0 Å². The average molecular weight is 339 g/mol. The van der Waals surface area contributed by atoms with E-state index in [-0.39, 0.29) is 24.0 Å². The second-order valence-corrected chi connectivity index (χ2v) is 7.82. The molecule has 1 atom stereocenters. The van der Waals surface area contributed by atoms with Gasteiger partial charge in [-0.15, -0.1) is 0 Å². The summed E-state index contributed by atoms with van der Waals surface area (Å²) < 4.78 is 22.3. The van der Waals surface area contributed by atoms with Gasteiger partial charge in [0.15, 0.2) is 0 Å². The molecule has 1 unspecified atom stereocenters. The van der Waals surface area contributed by atoms with Crippen LogP contribution in [0, 0.1) is 12.8 Å². The van der Waals surface area contributed by atoms with Crippen LogP contribution >= 0.6 is 0 Å². The van der Waals surface area contributed by atoms with Crippen molar-refractivity contribution in [2.24, 2.45) is 11.1 Å². The van der Waals surface area contributed by atoms with E-state index >= 15 is 0 Å². The lowest BCUT2D eigenvalue weighted by molar-refractivity contribution is -0.127. The van der Waals surface area contributed by atoms with Crippen molar-refractivity contribution in [2.75, 3.05) is 36.8 Å². The number of anilines is 1. The van der Waals surface area contributed by atoms with Crippen molar-refractivity contribution in [3.05, 3.63) is 29.8 Å². The number of rotatable bonds is 7. The molecule has 23 heavy (non-hydrogen) atoms. The Morgan fingerprint density at radius 2 is 2.13 bits per heavy atom. The number of amides is 1. The first-order chi connectivity index (χ1) is 10.8. The van der Waals surface area contributed by atoms with Gasteiger partial charge in [0.2, 0.25) is 15.9 Å². The lowest BCUT2D eigenvalue weighted by Crippen LogP contribution is -2.36. The fraction of sp³-hybridized carbons (Fsp3) is 0.562. The van der Waals surface area contributed by atoms with Crippen LogP contribution in [0.4, 0.5) is 5.69 Å². The highest BCUT2D eigenvalue weighted by Crippen LogP contribution is 2.20. The first kappa shape index (κ1) is 17.7. The molecule has 0 saturated carbocycles. The third-order valence-corrected chi connectivity index (χ3v) is 5.09. The van der Waals surface area contributed by atoms with Crippen LogP contribution in [0.2, 0.25) is 0 Å². The highest BCUT2D eigenvalue weighted by molar-refractivity contribution is 7.89. The van der Waals surface area contributed by atoms with Gasteiger partial charge in [-0.1, -0.05) is 12.1 Å². The molecule has 1 heterocycles. The van der Waals surface area contributed by atoms with E-state index in [0.29, 0.717) is 13.1 Å². The molecule has 1 aromatic carbocycles. The maximum Gasteiger partial charge on any atom is 0.223 e. The summed E-state index contributed by atoms with van der Waals surface area (Å²) in [6.07, 6.45) is 0.271. The largest absolute Gasteiger partial charge is 0.370 e. The number of nitrogens with zero attached hydrogens (tertiary/aromatic N) is 2. The first-order valence-electron chi connectivity index (χ1n) is 7.88. The summed E-state index contributed by atoms with van der Waals surface area (Å²) in [6, 6.07) is 8.26. The van der Waals surface area contributed by atoms with Gasteiger partial charge < -0.3 is 9.80 Å². The van der Waals surface area contributed by atoms with Crippen LogP contribution in [-0.2, 0) is 14.8 Å². The SMILES string of the molecule is CCN(CCN1CC(CS(N)(=O)=O)CC1=O)c1cccc(C)c1. The van der Waals surface area contributed by atoms with Crippen LogP contribution in [0.1, 0.15) is 18.9 Å². The predicted molar refractivity (Wildman–Crippen MR) is 91.7 cm³/mol. The third-order valence-electron chi connectivity index (χ3n) is 4.15. The number of likely N-dealkylation sites (tertiary alicyclic amines) is 1. The zero-order chi connectivity index (χ0) is 17.0. The Morgan fingerprint density at radius 3 is 2.74 bits per heavy atom. The minimum atomic E-state index is -3.53. The molecule has 0 aromatic heterocycles. The minimum Gasteiger partial charge on any atom is -0.370 e. The molecule has 1 aliphatic heterocycles. The Morgan fingerprint density at radius 1 is 1.39 bits per heavy atom. The Labute approximate surface area is 138 Å². The zero-order valence-electron chi connectivity index (χ0n) is 13.7. The lowest BCUT2D eigenvalue weighted by Gasteiger charge is -2.26. The molecule has 1 fully saturated rings. The van der Waals surface area contributed by atoms with E-state index in [9.17, 15) is 13.2 Å². The second kappa shape index (κ2) is 7.31. The van der Waals surface area contributed by atoms with Crippen molar-refractivity contribution >= 4 is 21.6 Å². The molecule has 0 radical (unpaired) electrons. The molecule has 7 heteroatoms. The summed E-state index contributed by atoms with van der Waals surface area (Å²) in [5.74, 6) is -0.296. The summed E-state index contributed by atoms with van der Waals surface area (Å²) in [7, 11) is -3.53. The summed E-state index contributed by atoms with van der Waals surface area (Å²) in [5, 5.41) is 5.07. The van der Waals surface area contributed by atoms with Gasteiger partial charge in [-0.25, -0.2) is 13.6 Å². The molecule has 128 valence electrons. The highest BCUT2D eigenvalue weighted by Gasteiger charge is 2.31. The molecular formula is C16H25N3O3S. The van der Waals surface area contributed by atoms with Gasteiger partial charge in [-0.2, -0.15) is 0 Å². The number of carbonyl (C=O) groups is 1. The van der Waals surface area contributed by atoms with E-state index in [0.717, 1.165) is 18.8 Å². The van der Waals surface area contributed by atoms with E-state index in [4.69, 9.17) is 5.14 Å². The predicted octanol–water partition coefficient (Wildman–Crippen LogP) is 0.958. The topological polar surface area (TPSA) is 83.7 Å². The van der Waals surface area contributed by atoms with Crippen LogP contribution in [-0.4, -0.2) is 51.2 Å². The average Bonchev–Trinajstić information content (AvgIpc) is 2.77. The number of hydrogen-bond donors (Lipinski definition) is 1. The third kappa shape index (κ3) is 5.21. The Hall–Kier alpha value is -1.60. The standard InChI is InChI=1S/C16H25N3O3S/c1-3-18(15-6-4-5-13(2)9-15)7-8-19-11-14(10-16(19)20)12-23(17,21)22/h4-6,9,14H,3,7-8,10-12H2,1-2H3,(H2,17,21,22). The molecular weight excluding hydrogens is 314 g/mol. The maximum absolute atomic E-state index is 12.0. The van der Waals surface area contributed by atoms with Crippen LogP contribution in [0.5, 0.6) is 0 Å². The molecule has 2 N–H and O–H groups in total. The van der Waals surface area contributed by atoms with Crippen molar-refractivity contribution in [1.29, 1.82) is 0 Å². The normalized spacial score (nSPS) is 18.5. The fourth-order valence-electron chi connectivity index (χ4n) is 3.05. The van der Waals surface area contributed by atoms with Gasteiger partial charge in [0.05, 0.1) is 5.75 Å². The number of nitrogens with two attached hydrogens (primary N) is 1. The summed E-state index contributed by atoms with van der Waals surface area (Å²) >= 11 is 0. The van der Waals surface area contributed by atoms with Crippen molar-refractivity contribution in [3.8, 4) is 0 Å². The Bertz CT molecular complexity index is 660. The molecule has 6 nitrogen and oxygen atoms in total. The van der Waals surface area contributed by atoms with Crippen LogP contribution < -0.4 is 10.0 Å². The number of primary sulfonamides is 1. The van der Waals surface area contributed by atoms with E-state index < -0.39 is 10.0 Å². The monoisotopic (exact) mass is 339 g/mol. The number of hydrogen-bond acceptors (Lipinski definition) is 4. The second-order valence-electron chi connectivity index (χ2n) is 6.16. The van der Waals surface area contributed by atoms with E-state index in [1.54, 1.807) is 4.90 Å². The zero-order valence-corrected chi connectivity index (χ0v) is 14.6. The number of likely N-dealkylation sites (N-methyl/N-ethyl adjacent to an activating group) is 1. The van der Waals surface area contributed by atoms with Crippen LogP contribution in [0.15, 0.2) is 24.3 Å². The molecule has 2 rings (SSSR count). The van der Waals surface area contributed by atoms with Gasteiger partial charge in [0.25, 0.3) is 0 Å². The molecule has 0 bridgehead atoms. The van der Waals surface area contributed by atoms with E-state index in [1.807, 2.05) is 6.07 Å². The smallest absolute Gasteiger partial charge is 0.223 e. The Kier molecular flexibility index (Phi) is 5.64. The van der Waals surface area contributed by atoms with Crippen molar-refractivity contribution in [3.63, 3.8) is 0 Å². The van der Waals surface area contributed by atoms with Gasteiger partial charge in [0, 0.05) is 44.2 Å². The van der Waals surface area contributed by atoms with E-state index in [1.165, 1.54) is 5.56 Å². The summed E-state index contributed by atoms with van der Waals surface area (Å²) in [6.45, 7) is 6.79. The Balaban J connectivity index is 1.93. The number of sulfonamides is 1. The molecule has 1 aromatic rings. The molecule has 1 aliphatic rings. The lowest BCUT2D eigenvalue weighted by atomic mass is 10.1. The molecule has 0 spiro atoms. The first-order valence-corrected chi connectivity index (χ1v) is 9.60. The maximum atomic E-state index is 12.0. The minimum absolute atomic E-state index is 0.0129. The van der Waals surface area contributed by atoms with Gasteiger partial charge in [0.1, 0.15) is 0 Å². The van der Waals surface area contributed by atoms with Crippen LogP contribution in [0.25, 0.3) is 0 Å². The highest BCUT2D eigenvalue weighted by atomic mass is 32.2. The summed E-state index contributed by atoms with van der Waals surface area (Å²) in [5.41, 5.74) is 2.34. The van der Waals surface area contributed by atoms with Gasteiger partial charge in [-0.3, -0.25) is 4.79 Å². The van der Waals surface area contributed by atoms with E-state index in [2.05, 4.69) is 36.9 Å². The quantitative estimate of drug-likeness (QED) is 0.802. The van der Waals surface area contributed by atoms with Crippen molar-refractivity contribution < 1.29 is 13.2 Å². The van der Waals surface area contributed by atoms with Crippen molar-refractivity contribution in [2.45, 2.75) is 20.3 Å². The number of aryl methyl sites for hydroxylation is 1. The molecule has 0 aliphatic carbocycles.